The van der Waals surface area contributed by atoms with E-state index < -0.39 is 5.79 Å². The van der Waals surface area contributed by atoms with Crippen LogP contribution in [0.25, 0.3) is 0 Å². The Hall–Kier alpha value is -0.970. The molecule has 4 heteroatoms. The highest BCUT2D eigenvalue weighted by Crippen LogP contribution is 2.31. The van der Waals surface area contributed by atoms with Crippen LogP contribution in [0.3, 0.4) is 0 Å². The second-order valence-electron chi connectivity index (χ2n) is 3.51. The van der Waals surface area contributed by atoms with E-state index in [1.165, 1.54) is 0 Å². The van der Waals surface area contributed by atoms with Gasteiger partial charge in [0.15, 0.2) is 5.79 Å². The van der Waals surface area contributed by atoms with Crippen LogP contribution in [0.5, 0.6) is 0 Å². The maximum absolute atomic E-state index is 5.67. The third-order valence-corrected chi connectivity index (χ3v) is 2.32. The Morgan fingerprint density at radius 3 is 3.07 bits per heavy atom. The average molecular weight is 194 g/mol. The molecule has 4 nitrogen and oxygen atoms in total. The summed E-state index contributed by atoms with van der Waals surface area (Å²) < 4.78 is 11.1. The van der Waals surface area contributed by atoms with Gasteiger partial charge in [0.1, 0.15) is 6.10 Å². The first-order valence-corrected chi connectivity index (χ1v) is 4.66. The number of rotatable bonds is 2. The molecule has 1 fully saturated rings. The lowest BCUT2D eigenvalue weighted by Gasteiger charge is -2.20. The van der Waals surface area contributed by atoms with Gasteiger partial charge in [-0.05, 0) is 19.1 Å². The molecular weight excluding hydrogens is 180 g/mol. The van der Waals surface area contributed by atoms with Crippen LogP contribution in [-0.2, 0) is 9.47 Å². The fourth-order valence-electron chi connectivity index (χ4n) is 1.44. The summed E-state index contributed by atoms with van der Waals surface area (Å²) in [6.07, 6.45) is 1.65. The number of nitrogens with zero attached hydrogens (tertiary/aromatic N) is 1. The maximum Gasteiger partial charge on any atom is 0.178 e. The van der Waals surface area contributed by atoms with E-state index >= 15 is 0 Å². The van der Waals surface area contributed by atoms with Crippen LogP contribution in [0.15, 0.2) is 24.4 Å². The van der Waals surface area contributed by atoms with E-state index in [-0.39, 0.29) is 6.10 Å². The molecule has 2 N–H and O–H groups in total. The van der Waals surface area contributed by atoms with Gasteiger partial charge >= 0.3 is 0 Å². The molecule has 1 aromatic heterocycles. The molecule has 1 aliphatic heterocycles. The summed E-state index contributed by atoms with van der Waals surface area (Å²) in [5.74, 6) is -0.651. The van der Waals surface area contributed by atoms with Crippen molar-refractivity contribution in [3.05, 3.63) is 30.1 Å². The van der Waals surface area contributed by atoms with Gasteiger partial charge in [-0.3, -0.25) is 4.98 Å². The summed E-state index contributed by atoms with van der Waals surface area (Å²) in [5, 5.41) is 0. The Kier molecular flexibility index (Phi) is 2.50. The van der Waals surface area contributed by atoms with Gasteiger partial charge in [-0.15, -0.1) is 0 Å². The average Bonchev–Trinajstić information content (AvgIpc) is 2.63. The summed E-state index contributed by atoms with van der Waals surface area (Å²) in [4.78, 5) is 4.21. The van der Waals surface area contributed by atoms with Gasteiger partial charge in [0.25, 0.3) is 0 Å². The fourth-order valence-corrected chi connectivity index (χ4v) is 1.44. The Bertz CT molecular complexity index is 304. The van der Waals surface area contributed by atoms with Gasteiger partial charge in [-0.1, -0.05) is 6.07 Å². The van der Waals surface area contributed by atoms with Crippen molar-refractivity contribution in [2.45, 2.75) is 18.8 Å². The highest BCUT2D eigenvalue weighted by atomic mass is 16.7. The Morgan fingerprint density at radius 2 is 2.50 bits per heavy atom. The molecule has 0 amide bonds. The van der Waals surface area contributed by atoms with Crippen LogP contribution in [0.1, 0.15) is 18.7 Å². The summed E-state index contributed by atoms with van der Waals surface area (Å²) in [7, 11) is 0. The second kappa shape index (κ2) is 3.65. The Morgan fingerprint density at radius 1 is 1.64 bits per heavy atom. The van der Waals surface area contributed by atoms with Gasteiger partial charge in [-0.25, -0.2) is 0 Å². The molecule has 76 valence electrons. The quantitative estimate of drug-likeness (QED) is 0.758. The van der Waals surface area contributed by atoms with E-state index in [1.54, 1.807) is 6.20 Å². The molecule has 0 aliphatic carbocycles. The lowest BCUT2D eigenvalue weighted by atomic mass is 10.2. The minimum Gasteiger partial charge on any atom is -0.346 e. The van der Waals surface area contributed by atoms with E-state index in [2.05, 4.69) is 4.98 Å². The molecule has 2 heterocycles. The standard InChI is InChI=1S/C10H14N2O2/c1-10(7-11)13-6-9(14-10)8-4-2-3-5-12-8/h2-5,9H,6-7,11H2,1H3. The lowest BCUT2D eigenvalue weighted by Crippen LogP contribution is -2.35. The molecule has 1 saturated heterocycles. The Balaban J connectivity index is 2.10. The largest absolute Gasteiger partial charge is 0.346 e. The van der Waals surface area contributed by atoms with Crippen LogP contribution >= 0.6 is 0 Å². The predicted molar refractivity (Wildman–Crippen MR) is 51.5 cm³/mol. The minimum absolute atomic E-state index is 0.0928. The van der Waals surface area contributed by atoms with E-state index in [4.69, 9.17) is 15.2 Å². The highest BCUT2D eigenvalue weighted by molar-refractivity contribution is 5.08. The van der Waals surface area contributed by atoms with Crippen molar-refractivity contribution in [3.8, 4) is 0 Å². The molecule has 1 aliphatic rings. The number of hydrogen-bond donors (Lipinski definition) is 1. The summed E-state index contributed by atoms with van der Waals surface area (Å²) >= 11 is 0. The molecule has 0 radical (unpaired) electrons. The summed E-state index contributed by atoms with van der Waals surface area (Å²) in [5.41, 5.74) is 6.43. The van der Waals surface area contributed by atoms with Gasteiger partial charge < -0.3 is 15.2 Å². The molecule has 0 bridgehead atoms. The Labute approximate surface area is 83.0 Å². The smallest absolute Gasteiger partial charge is 0.178 e. The first-order chi connectivity index (χ1) is 6.73. The molecule has 0 spiro atoms. The molecule has 2 unspecified atom stereocenters. The fraction of sp³-hybridized carbons (Fsp3) is 0.500. The molecule has 1 aromatic rings. The number of aromatic nitrogens is 1. The van der Waals surface area contributed by atoms with E-state index in [0.29, 0.717) is 13.2 Å². The van der Waals surface area contributed by atoms with Crippen LogP contribution in [-0.4, -0.2) is 23.9 Å². The lowest BCUT2D eigenvalue weighted by molar-refractivity contribution is -0.146. The third kappa shape index (κ3) is 1.77. The molecule has 0 aromatic carbocycles. The maximum atomic E-state index is 5.67. The molecule has 2 atom stereocenters. The summed E-state index contributed by atoms with van der Waals surface area (Å²) in [6, 6.07) is 5.74. The summed E-state index contributed by atoms with van der Waals surface area (Å²) in [6.45, 7) is 2.72. The van der Waals surface area contributed by atoms with Crippen molar-refractivity contribution < 1.29 is 9.47 Å². The van der Waals surface area contributed by atoms with Crippen molar-refractivity contribution in [3.63, 3.8) is 0 Å². The molecule has 14 heavy (non-hydrogen) atoms. The molecule has 0 saturated carbocycles. The number of pyridine rings is 1. The molecule has 2 rings (SSSR count). The van der Waals surface area contributed by atoms with Crippen LogP contribution in [0, 0.1) is 0 Å². The van der Waals surface area contributed by atoms with Crippen molar-refractivity contribution in [2.75, 3.05) is 13.2 Å². The van der Waals surface area contributed by atoms with Gasteiger partial charge in [0.2, 0.25) is 0 Å². The minimum atomic E-state index is -0.651. The van der Waals surface area contributed by atoms with E-state index in [0.717, 1.165) is 5.69 Å². The first-order valence-electron chi connectivity index (χ1n) is 4.66. The monoisotopic (exact) mass is 194 g/mol. The zero-order valence-electron chi connectivity index (χ0n) is 8.14. The van der Waals surface area contributed by atoms with Crippen LogP contribution in [0.2, 0.25) is 0 Å². The normalized spacial score (nSPS) is 32.0. The zero-order valence-corrected chi connectivity index (χ0v) is 8.14. The predicted octanol–water partition coefficient (Wildman–Crippen LogP) is 0.844. The van der Waals surface area contributed by atoms with Crippen molar-refractivity contribution in [1.29, 1.82) is 0 Å². The number of nitrogens with two attached hydrogens (primary N) is 1. The SMILES string of the molecule is CC1(CN)OCC(c2ccccn2)O1. The van der Waals surface area contributed by atoms with Crippen molar-refractivity contribution >= 4 is 0 Å². The van der Waals surface area contributed by atoms with Gasteiger partial charge in [0.05, 0.1) is 12.3 Å². The topological polar surface area (TPSA) is 57.4 Å². The van der Waals surface area contributed by atoms with Gasteiger partial charge in [0, 0.05) is 12.7 Å². The number of hydrogen-bond acceptors (Lipinski definition) is 4. The van der Waals surface area contributed by atoms with Crippen molar-refractivity contribution in [1.82, 2.24) is 4.98 Å². The second-order valence-corrected chi connectivity index (χ2v) is 3.51. The van der Waals surface area contributed by atoms with Crippen LogP contribution in [0.4, 0.5) is 0 Å². The van der Waals surface area contributed by atoms with Crippen LogP contribution < -0.4 is 5.73 Å². The van der Waals surface area contributed by atoms with E-state index in [1.807, 2.05) is 25.1 Å². The first kappa shape index (κ1) is 9.58. The zero-order chi connectivity index (χ0) is 10.0. The third-order valence-electron chi connectivity index (χ3n) is 2.32. The van der Waals surface area contributed by atoms with Crippen molar-refractivity contribution in [2.24, 2.45) is 5.73 Å². The highest BCUT2D eigenvalue weighted by Gasteiger charge is 2.37. The van der Waals surface area contributed by atoms with Gasteiger partial charge in [-0.2, -0.15) is 0 Å². The van der Waals surface area contributed by atoms with E-state index in [9.17, 15) is 0 Å². The molecular formula is C10H14N2O2. The number of ether oxygens (including phenoxy) is 2.